The first-order valence-electron chi connectivity index (χ1n) is 11.8. The van der Waals surface area contributed by atoms with Gasteiger partial charge in [0, 0.05) is 22.3 Å². The maximum absolute atomic E-state index is 13.1. The number of aromatic nitrogens is 2. The van der Waals surface area contributed by atoms with Crippen molar-refractivity contribution in [1.82, 2.24) is 9.55 Å². The van der Waals surface area contributed by atoms with Crippen LogP contribution in [-0.2, 0) is 34.2 Å². The van der Waals surface area contributed by atoms with Crippen LogP contribution in [0.4, 0.5) is 0 Å². The molecule has 2 aliphatic heterocycles. The molecule has 2 aliphatic rings. The van der Waals surface area contributed by atoms with Gasteiger partial charge in [-0.05, 0) is 24.9 Å². The molecule has 33 heavy (non-hydrogen) atoms. The molecule has 0 aliphatic carbocycles. The molecule has 12 heteroatoms. The lowest BCUT2D eigenvalue weighted by atomic mass is 10.1. The van der Waals surface area contributed by atoms with Gasteiger partial charge in [-0.1, -0.05) is 25.1 Å². The number of ether oxygens (including phenoxy) is 2. The zero-order valence-corrected chi connectivity index (χ0v) is 18.6. The Morgan fingerprint density at radius 1 is 1.33 bits per heavy atom. The third-order valence-electron chi connectivity index (χ3n) is 5.17. The summed E-state index contributed by atoms with van der Waals surface area (Å²) in [5, 5.41) is 0. The Morgan fingerprint density at radius 2 is 2.15 bits per heavy atom. The maximum Gasteiger partial charge on any atom is 0.475 e. The fourth-order valence-corrected chi connectivity index (χ4v) is 4.90. The average molecular weight is 483 g/mol. The molecule has 4 rings (SSSR count). The van der Waals surface area contributed by atoms with Crippen molar-refractivity contribution in [2.75, 3.05) is 13.2 Å². The third kappa shape index (κ3) is 5.18. The van der Waals surface area contributed by atoms with Gasteiger partial charge < -0.3 is 9.47 Å². The van der Waals surface area contributed by atoms with Crippen molar-refractivity contribution in [2.45, 2.75) is 51.7 Å². The molecule has 1 N–H and O–H groups in total. The molecule has 2 saturated heterocycles. The van der Waals surface area contributed by atoms with E-state index in [4.69, 9.17) is 27.2 Å². The van der Waals surface area contributed by atoms with Crippen LogP contribution in [0.3, 0.4) is 0 Å². The van der Waals surface area contributed by atoms with Crippen molar-refractivity contribution in [3.63, 3.8) is 0 Å². The highest BCUT2D eigenvalue weighted by Crippen LogP contribution is 2.57. The predicted molar refractivity (Wildman–Crippen MR) is 115 cm³/mol. The van der Waals surface area contributed by atoms with E-state index in [0.717, 1.165) is 10.8 Å². The van der Waals surface area contributed by atoms with Gasteiger partial charge in [0.25, 0.3) is 5.56 Å². The molecule has 0 amide bonds. The molecule has 0 radical (unpaired) electrons. The van der Waals surface area contributed by atoms with Gasteiger partial charge in [-0.2, -0.15) is 0 Å². The zero-order chi connectivity index (χ0) is 26.1. The molecule has 1 aromatic carbocycles. The van der Waals surface area contributed by atoms with Gasteiger partial charge in [0.1, 0.15) is 18.4 Å². The quantitative estimate of drug-likeness (QED) is 0.465. The Balaban J connectivity index is 1.45. The van der Waals surface area contributed by atoms with E-state index in [0.29, 0.717) is 12.0 Å². The Hall–Kier alpha value is -2.56. The summed E-state index contributed by atoms with van der Waals surface area (Å²) in [6, 6.07) is 6.55. The Bertz CT molecular complexity index is 1290. The van der Waals surface area contributed by atoms with E-state index < -0.39 is 55.9 Å². The molecule has 4 atom stereocenters. The first kappa shape index (κ1) is 19.9. The fraction of sp³-hybridized carbons (Fsp3) is 0.476. The van der Waals surface area contributed by atoms with Crippen LogP contribution in [0.1, 0.15) is 51.6 Å². The number of nitrogens with zero attached hydrogens (tertiary/aromatic N) is 1. The van der Waals surface area contributed by atoms with Crippen molar-refractivity contribution in [3.05, 3.63) is 68.0 Å². The van der Waals surface area contributed by atoms with Gasteiger partial charge in [-0.3, -0.25) is 27.9 Å². The highest BCUT2D eigenvalue weighted by molar-refractivity contribution is 7.48. The van der Waals surface area contributed by atoms with Crippen molar-refractivity contribution in [2.24, 2.45) is 0 Å². The van der Waals surface area contributed by atoms with Crippen LogP contribution in [0.2, 0.25) is 0 Å². The van der Waals surface area contributed by atoms with E-state index in [2.05, 4.69) is 0 Å². The van der Waals surface area contributed by atoms with Gasteiger partial charge >= 0.3 is 19.5 Å². The lowest BCUT2D eigenvalue weighted by molar-refractivity contribution is -0.0730. The Labute approximate surface area is 193 Å². The molecule has 0 bridgehead atoms. The average Bonchev–Trinajstić information content (AvgIpc) is 3.23. The van der Waals surface area contributed by atoms with Crippen molar-refractivity contribution >= 4 is 13.8 Å². The summed E-state index contributed by atoms with van der Waals surface area (Å²) < 4.78 is 63.8. The smallest absolute Gasteiger partial charge is 0.462 e. The van der Waals surface area contributed by atoms with Gasteiger partial charge in [-0.25, -0.2) is 14.2 Å². The number of benzene rings is 1. The van der Waals surface area contributed by atoms with E-state index >= 15 is 0 Å². The highest BCUT2D eigenvalue weighted by Gasteiger charge is 2.48. The number of fused-ring (bicyclic) bond motifs is 1. The number of H-pyrrole nitrogens is 1. The lowest BCUT2D eigenvalue weighted by Crippen LogP contribution is -2.34. The molecular formula is C21H25N2O9P. The first-order valence-corrected chi connectivity index (χ1v) is 11.8. The van der Waals surface area contributed by atoms with Gasteiger partial charge in [0.2, 0.25) is 0 Å². The van der Waals surface area contributed by atoms with Crippen LogP contribution in [0.5, 0.6) is 0 Å². The number of rotatable bonds is 7. The molecule has 3 heterocycles. The van der Waals surface area contributed by atoms with Crippen LogP contribution < -0.4 is 11.2 Å². The summed E-state index contributed by atoms with van der Waals surface area (Å²) in [5.74, 6) is -0.533. The summed E-state index contributed by atoms with van der Waals surface area (Å²) >= 11 is 0. The van der Waals surface area contributed by atoms with Crippen molar-refractivity contribution in [1.29, 1.82) is 0 Å². The molecular weight excluding hydrogens is 455 g/mol. The van der Waals surface area contributed by atoms with Gasteiger partial charge in [0.15, 0.2) is 0 Å². The number of carbonyl (C=O) groups is 1. The molecule has 178 valence electrons. The second-order valence-corrected chi connectivity index (χ2v) is 9.15. The molecule has 0 spiro atoms. The van der Waals surface area contributed by atoms with Crippen LogP contribution >= 0.6 is 7.82 Å². The number of hydrogen-bond donors (Lipinski definition) is 1. The third-order valence-corrected chi connectivity index (χ3v) is 6.61. The van der Waals surface area contributed by atoms with Crippen molar-refractivity contribution in [3.8, 4) is 0 Å². The number of phosphoric acid groups is 1. The molecule has 1 aromatic heterocycles. The SMILES string of the molecule is [2H]C([2H])([2H])c1cn([C@H]2C[C@@H]3OP(=O)(OCc4ccccc4C(=O)OCCC)OC[C@H]3O2)c(=O)[nH]c1=O. The number of nitrogens with one attached hydrogen (secondary N) is 1. The van der Waals surface area contributed by atoms with Crippen LogP contribution in [0, 0.1) is 6.85 Å². The summed E-state index contributed by atoms with van der Waals surface area (Å²) in [5.41, 5.74) is -1.74. The largest absolute Gasteiger partial charge is 0.475 e. The Kier molecular flexibility index (Phi) is 5.87. The summed E-state index contributed by atoms with van der Waals surface area (Å²) in [6.45, 7) is -1.04. The normalized spacial score (nSPS) is 28.4. The van der Waals surface area contributed by atoms with E-state index in [1.165, 1.54) is 0 Å². The predicted octanol–water partition coefficient (Wildman–Crippen LogP) is 2.44. The van der Waals surface area contributed by atoms with Crippen LogP contribution in [0.15, 0.2) is 40.1 Å². The topological polar surface area (TPSA) is 135 Å². The van der Waals surface area contributed by atoms with E-state index in [-0.39, 0.29) is 31.8 Å². The van der Waals surface area contributed by atoms with E-state index in [9.17, 15) is 18.9 Å². The van der Waals surface area contributed by atoms with Crippen LogP contribution in [-0.4, -0.2) is 40.9 Å². The number of phosphoric ester groups is 1. The van der Waals surface area contributed by atoms with Crippen molar-refractivity contribution < 1.29 is 36.5 Å². The number of aryl methyl sites for hydroxylation is 1. The summed E-state index contributed by atoms with van der Waals surface area (Å²) in [7, 11) is -4.06. The van der Waals surface area contributed by atoms with Gasteiger partial charge in [0.05, 0.1) is 25.4 Å². The first-order chi connectivity index (χ1) is 17.0. The number of hydrogen-bond acceptors (Lipinski definition) is 9. The van der Waals surface area contributed by atoms with E-state index in [1.54, 1.807) is 24.3 Å². The molecule has 2 fully saturated rings. The second kappa shape index (κ2) is 9.74. The molecule has 1 unspecified atom stereocenters. The number of aromatic amines is 1. The summed E-state index contributed by atoms with van der Waals surface area (Å²) in [4.78, 5) is 38.5. The van der Waals surface area contributed by atoms with Gasteiger partial charge in [-0.15, -0.1) is 0 Å². The molecule has 2 aromatic rings. The lowest BCUT2D eigenvalue weighted by Gasteiger charge is -2.29. The standard InChI is InChI=1S/C21H25N2O9P/c1-3-8-28-20(25)15-7-5-4-6-14(15)11-29-33(27)30-12-17-16(32-33)9-18(31-17)23-10-13(2)19(24)22-21(23)26/h4-7,10,16-18H,3,8-9,11-12H2,1-2H3,(H,22,24,26)/t16-,17+,18+,33?/m0/s1/i2D3. The fourth-order valence-electron chi connectivity index (χ4n) is 3.53. The monoisotopic (exact) mass is 483 g/mol. The summed E-state index contributed by atoms with van der Waals surface area (Å²) in [6.07, 6.45) is -0.888. The zero-order valence-electron chi connectivity index (χ0n) is 20.7. The maximum atomic E-state index is 13.1. The minimum Gasteiger partial charge on any atom is -0.462 e. The second-order valence-electron chi connectivity index (χ2n) is 7.53. The minimum atomic E-state index is -4.06. The van der Waals surface area contributed by atoms with Crippen LogP contribution in [0.25, 0.3) is 0 Å². The molecule has 0 saturated carbocycles. The van der Waals surface area contributed by atoms with E-state index in [1.807, 2.05) is 11.9 Å². The number of esters is 1. The minimum absolute atomic E-state index is 0.0215. The number of carbonyl (C=O) groups excluding carboxylic acids is 1. The highest BCUT2D eigenvalue weighted by atomic mass is 31.2. The Morgan fingerprint density at radius 3 is 2.94 bits per heavy atom. The molecule has 11 nitrogen and oxygen atoms in total.